The highest BCUT2D eigenvalue weighted by molar-refractivity contribution is 5.99. The summed E-state index contributed by atoms with van der Waals surface area (Å²) in [6.07, 6.45) is 1.19. The number of amides is 2. The first kappa shape index (κ1) is 13.0. The van der Waals surface area contributed by atoms with Crippen LogP contribution in [0, 0.1) is 0 Å². The second kappa shape index (κ2) is 5.84. The van der Waals surface area contributed by atoms with Gasteiger partial charge in [-0.25, -0.2) is 0 Å². The Kier molecular flexibility index (Phi) is 4.46. The number of carbonyl (C=O) groups excluding carboxylic acids is 2. The van der Waals surface area contributed by atoms with Crippen LogP contribution in [0.1, 0.15) is 24.2 Å². The summed E-state index contributed by atoms with van der Waals surface area (Å²) in [7, 11) is 0. The molecule has 4 nitrogen and oxygen atoms in total. The van der Waals surface area contributed by atoms with Crippen LogP contribution in [-0.2, 0) is 4.79 Å². The van der Waals surface area contributed by atoms with Crippen molar-refractivity contribution in [1.82, 2.24) is 5.32 Å². The average molecular weight is 232 g/mol. The summed E-state index contributed by atoms with van der Waals surface area (Å²) in [6, 6.07) is 6.78. The minimum atomic E-state index is -0.274. The minimum absolute atomic E-state index is 0.0997. The molecule has 1 aromatic carbocycles. The molecule has 0 saturated heterocycles. The Hall–Kier alpha value is -2.10. The maximum absolute atomic E-state index is 11.6. The molecule has 2 N–H and O–H groups in total. The van der Waals surface area contributed by atoms with Crippen molar-refractivity contribution >= 4 is 17.5 Å². The van der Waals surface area contributed by atoms with Gasteiger partial charge >= 0.3 is 0 Å². The average Bonchev–Trinajstić information content (AvgIpc) is 2.28. The maximum atomic E-state index is 11.6. The molecule has 0 radical (unpaired) electrons. The van der Waals surface area contributed by atoms with E-state index in [2.05, 4.69) is 17.2 Å². The standard InChI is InChI=1S/C13H16N2O2/c1-4-12(16)15-11-7-5-10(6-8-11)13(17)14-9(2)3/h4-9H,1H2,2-3H3,(H,14,17)(H,15,16). The van der Waals surface area contributed by atoms with E-state index in [1.54, 1.807) is 24.3 Å². The zero-order valence-electron chi connectivity index (χ0n) is 9.99. The fourth-order valence-electron chi connectivity index (χ4n) is 1.24. The molecule has 2 amide bonds. The molecule has 0 bridgehead atoms. The molecule has 90 valence electrons. The number of anilines is 1. The van der Waals surface area contributed by atoms with Gasteiger partial charge in [-0.05, 0) is 44.2 Å². The lowest BCUT2D eigenvalue weighted by Crippen LogP contribution is -2.29. The molecule has 17 heavy (non-hydrogen) atoms. The van der Waals surface area contributed by atoms with Gasteiger partial charge in [0.1, 0.15) is 0 Å². The van der Waals surface area contributed by atoms with Crippen LogP contribution >= 0.6 is 0 Å². The van der Waals surface area contributed by atoms with E-state index in [1.165, 1.54) is 6.08 Å². The van der Waals surface area contributed by atoms with Gasteiger partial charge < -0.3 is 10.6 Å². The fraction of sp³-hybridized carbons (Fsp3) is 0.231. The quantitative estimate of drug-likeness (QED) is 0.779. The highest BCUT2D eigenvalue weighted by Crippen LogP contribution is 2.09. The van der Waals surface area contributed by atoms with Crippen LogP contribution in [0.25, 0.3) is 0 Å². The molecule has 0 unspecified atom stereocenters. The number of benzene rings is 1. The summed E-state index contributed by atoms with van der Waals surface area (Å²) in [5, 5.41) is 5.40. The van der Waals surface area contributed by atoms with Crippen molar-refractivity contribution in [2.24, 2.45) is 0 Å². The van der Waals surface area contributed by atoms with E-state index in [0.29, 0.717) is 11.3 Å². The van der Waals surface area contributed by atoms with Gasteiger partial charge in [-0.1, -0.05) is 6.58 Å². The van der Waals surface area contributed by atoms with E-state index in [1.807, 2.05) is 13.8 Å². The third kappa shape index (κ3) is 4.10. The molecule has 0 aliphatic rings. The first-order valence-electron chi connectivity index (χ1n) is 5.37. The summed E-state index contributed by atoms with van der Waals surface area (Å²) >= 11 is 0. The number of carbonyl (C=O) groups is 2. The molecule has 0 aliphatic heterocycles. The molecule has 0 aliphatic carbocycles. The third-order valence-electron chi connectivity index (χ3n) is 2.02. The molecule has 4 heteroatoms. The predicted octanol–water partition coefficient (Wildman–Crippen LogP) is 1.95. The lowest BCUT2D eigenvalue weighted by molar-refractivity contribution is -0.111. The summed E-state index contributed by atoms with van der Waals surface area (Å²) in [5.41, 5.74) is 1.20. The zero-order valence-corrected chi connectivity index (χ0v) is 9.99. The van der Waals surface area contributed by atoms with Crippen LogP contribution in [0.15, 0.2) is 36.9 Å². The second-order valence-corrected chi connectivity index (χ2v) is 3.90. The molecule has 0 fully saturated rings. The largest absolute Gasteiger partial charge is 0.350 e. The first-order chi connectivity index (χ1) is 8.02. The topological polar surface area (TPSA) is 58.2 Å². The lowest BCUT2D eigenvalue weighted by Gasteiger charge is -2.08. The molecular weight excluding hydrogens is 216 g/mol. The second-order valence-electron chi connectivity index (χ2n) is 3.90. The Morgan fingerprint density at radius 2 is 1.82 bits per heavy atom. The highest BCUT2D eigenvalue weighted by Gasteiger charge is 2.06. The SMILES string of the molecule is C=CC(=O)Nc1ccc(C(=O)NC(C)C)cc1. The van der Waals surface area contributed by atoms with E-state index < -0.39 is 0 Å². The van der Waals surface area contributed by atoms with Gasteiger partial charge in [0.15, 0.2) is 0 Å². The third-order valence-corrected chi connectivity index (χ3v) is 2.02. The van der Waals surface area contributed by atoms with Gasteiger partial charge in [0.2, 0.25) is 5.91 Å². The van der Waals surface area contributed by atoms with E-state index in [4.69, 9.17) is 0 Å². The molecule has 0 aromatic heterocycles. The van der Waals surface area contributed by atoms with Crippen LogP contribution < -0.4 is 10.6 Å². The van der Waals surface area contributed by atoms with Crippen molar-refractivity contribution in [3.8, 4) is 0 Å². The van der Waals surface area contributed by atoms with Crippen molar-refractivity contribution in [2.75, 3.05) is 5.32 Å². The van der Waals surface area contributed by atoms with Crippen LogP contribution in [0.3, 0.4) is 0 Å². The summed E-state index contributed by atoms with van der Waals surface area (Å²) in [6.45, 7) is 7.16. The minimum Gasteiger partial charge on any atom is -0.350 e. The maximum Gasteiger partial charge on any atom is 0.251 e. The Morgan fingerprint density at radius 1 is 1.24 bits per heavy atom. The van der Waals surface area contributed by atoms with Gasteiger partial charge in [-0.3, -0.25) is 9.59 Å². The highest BCUT2D eigenvalue weighted by atomic mass is 16.2. The van der Waals surface area contributed by atoms with Gasteiger partial charge in [-0.15, -0.1) is 0 Å². The van der Waals surface area contributed by atoms with E-state index in [9.17, 15) is 9.59 Å². The summed E-state index contributed by atoms with van der Waals surface area (Å²) in [5.74, 6) is -0.397. The Labute approximate surface area is 101 Å². The molecule has 0 atom stereocenters. The Bertz CT molecular complexity index is 422. The van der Waals surface area contributed by atoms with Crippen molar-refractivity contribution < 1.29 is 9.59 Å². The van der Waals surface area contributed by atoms with Crippen LogP contribution in [0.4, 0.5) is 5.69 Å². The van der Waals surface area contributed by atoms with Gasteiger partial charge in [0.05, 0.1) is 0 Å². The van der Waals surface area contributed by atoms with Crippen molar-refractivity contribution in [3.63, 3.8) is 0 Å². The number of hydrogen-bond acceptors (Lipinski definition) is 2. The zero-order chi connectivity index (χ0) is 12.8. The van der Waals surface area contributed by atoms with Crippen molar-refractivity contribution in [1.29, 1.82) is 0 Å². The first-order valence-corrected chi connectivity index (χ1v) is 5.37. The fourth-order valence-corrected chi connectivity index (χ4v) is 1.24. The van der Waals surface area contributed by atoms with E-state index in [-0.39, 0.29) is 17.9 Å². The number of rotatable bonds is 4. The van der Waals surface area contributed by atoms with Crippen molar-refractivity contribution in [3.05, 3.63) is 42.5 Å². The molecule has 1 rings (SSSR count). The van der Waals surface area contributed by atoms with Crippen LogP contribution in [0.5, 0.6) is 0 Å². The van der Waals surface area contributed by atoms with Crippen LogP contribution in [0.2, 0.25) is 0 Å². The summed E-state index contributed by atoms with van der Waals surface area (Å²) in [4.78, 5) is 22.7. The van der Waals surface area contributed by atoms with E-state index >= 15 is 0 Å². The van der Waals surface area contributed by atoms with E-state index in [0.717, 1.165) is 0 Å². The monoisotopic (exact) mass is 232 g/mol. The summed E-state index contributed by atoms with van der Waals surface area (Å²) < 4.78 is 0. The molecule has 0 heterocycles. The molecule has 1 aromatic rings. The molecule has 0 saturated carbocycles. The van der Waals surface area contributed by atoms with Crippen LogP contribution in [-0.4, -0.2) is 17.9 Å². The normalized spacial score (nSPS) is 9.82. The number of nitrogens with one attached hydrogen (secondary N) is 2. The Morgan fingerprint density at radius 3 is 2.29 bits per heavy atom. The predicted molar refractivity (Wildman–Crippen MR) is 67.9 cm³/mol. The Balaban J connectivity index is 2.70. The number of hydrogen-bond donors (Lipinski definition) is 2. The molecular formula is C13H16N2O2. The van der Waals surface area contributed by atoms with Crippen molar-refractivity contribution in [2.45, 2.75) is 19.9 Å². The molecule has 0 spiro atoms. The van der Waals surface area contributed by atoms with Gasteiger partial charge in [0.25, 0.3) is 5.91 Å². The lowest BCUT2D eigenvalue weighted by atomic mass is 10.2. The smallest absolute Gasteiger partial charge is 0.251 e. The van der Waals surface area contributed by atoms with Gasteiger partial charge in [0, 0.05) is 17.3 Å². The van der Waals surface area contributed by atoms with Gasteiger partial charge in [-0.2, -0.15) is 0 Å².